The number of ether oxygens (including phenoxy) is 1. The molecule has 1 aliphatic carbocycles. The van der Waals surface area contributed by atoms with Gasteiger partial charge in [0, 0.05) is 51.6 Å². The van der Waals surface area contributed by atoms with Crippen LogP contribution in [0.1, 0.15) is 52.8 Å². The Morgan fingerprint density at radius 2 is 1.31 bits per heavy atom. The van der Waals surface area contributed by atoms with Gasteiger partial charge in [-0.3, -0.25) is 4.79 Å². The number of anilines is 3. The predicted octanol–water partition coefficient (Wildman–Crippen LogP) is 7.35. The summed E-state index contributed by atoms with van der Waals surface area (Å²) in [7, 11) is 1.20. The van der Waals surface area contributed by atoms with E-state index in [2.05, 4.69) is 20.6 Å². The molecule has 1 aliphatic heterocycles. The standard InChI is InChI=1S/C44H31N5O10/c1-58-44(57)24-11-8-23(41(51)52)18-27(24)36-25-12-14-30(45)28(19-46-31-6-2-4-21-9-15-33(42(53)54)48-37(21)31)39(25)59-40-26(36)13-17-35(50)29(40)20-47-32-7-3-5-22-10-16-34(43(55)56)49-38(22)32/h2-18,46-47H,19-20,45H2,1H3,(H,51,52)(H,53,54)(H,55,56). The lowest BCUT2D eigenvalue weighted by molar-refractivity contribution is 0.0598. The lowest BCUT2D eigenvalue weighted by Gasteiger charge is -2.22. The van der Waals surface area contributed by atoms with Crippen LogP contribution in [0.5, 0.6) is 0 Å². The molecule has 2 aliphatic rings. The number of carbonyl (C=O) groups excluding carboxylic acids is 1. The van der Waals surface area contributed by atoms with Crippen LogP contribution in [0.4, 0.5) is 17.1 Å². The van der Waals surface area contributed by atoms with Crippen molar-refractivity contribution < 1.29 is 43.7 Å². The van der Waals surface area contributed by atoms with Gasteiger partial charge in [-0.25, -0.2) is 29.1 Å². The average Bonchev–Trinajstić information content (AvgIpc) is 3.24. The molecule has 6 aromatic rings. The first-order valence-electron chi connectivity index (χ1n) is 17.9. The number of hydrogen-bond acceptors (Lipinski definition) is 12. The first-order chi connectivity index (χ1) is 28.4. The normalized spacial score (nSPS) is 11.2. The number of aromatic nitrogens is 2. The summed E-state index contributed by atoms with van der Waals surface area (Å²) < 4.78 is 11.8. The van der Waals surface area contributed by atoms with Gasteiger partial charge < -0.3 is 40.8 Å². The highest BCUT2D eigenvalue weighted by Crippen LogP contribution is 2.45. The second-order valence-corrected chi connectivity index (χ2v) is 13.4. The third-order valence-corrected chi connectivity index (χ3v) is 9.99. The first-order valence-corrected chi connectivity index (χ1v) is 17.9. The highest BCUT2D eigenvalue weighted by Gasteiger charge is 2.28. The molecule has 4 aromatic carbocycles. The van der Waals surface area contributed by atoms with Gasteiger partial charge in [-0.1, -0.05) is 36.4 Å². The number of fused-ring (bicyclic) bond motifs is 4. The Morgan fingerprint density at radius 3 is 1.88 bits per heavy atom. The van der Waals surface area contributed by atoms with Crippen LogP contribution < -0.4 is 21.8 Å². The number of carboxylic acid groups (broad SMARTS) is 3. The monoisotopic (exact) mass is 789 g/mol. The molecule has 2 aromatic heterocycles. The largest absolute Gasteiger partial charge is 0.478 e. The third-order valence-electron chi connectivity index (χ3n) is 9.99. The molecule has 0 radical (unpaired) electrons. The maximum atomic E-state index is 13.8. The van der Waals surface area contributed by atoms with Gasteiger partial charge in [-0.05, 0) is 72.3 Å². The van der Waals surface area contributed by atoms with Crippen molar-refractivity contribution in [3.63, 3.8) is 0 Å². The molecule has 0 amide bonds. The molecule has 15 nitrogen and oxygen atoms in total. The van der Waals surface area contributed by atoms with E-state index in [1.807, 2.05) is 0 Å². The number of nitrogens with two attached hydrogens (primary N) is 1. The Bertz CT molecular complexity index is 3110. The van der Waals surface area contributed by atoms with Crippen molar-refractivity contribution >= 4 is 73.7 Å². The van der Waals surface area contributed by atoms with E-state index < -0.39 is 29.3 Å². The molecule has 7 N–H and O–H groups in total. The molecular formula is C44H31N5O10. The molecule has 15 heteroatoms. The van der Waals surface area contributed by atoms with Crippen molar-refractivity contribution in [2.45, 2.75) is 13.1 Å². The van der Waals surface area contributed by atoms with Gasteiger partial charge in [0.05, 0.1) is 46.2 Å². The molecule has 3 heterocycles. The number of para-hydroxylation sites is 2. The van der Waals surface area contributed by atoms with Gasteiger partial charge in [-0.15, -0.1) is 0 Å². The predicted molar refractivity (Wildman–Crippen MR) is 219 cm³/mol. The third kappa shape index (κ3) is 6.82. The van der Waals surface area contributed by atoms with E-state index in [9.17, 15) is 39.3 Å². The van der Waals surface area contributed by atoms with Crippen LogP contribution in [0, 0.1) is 0 Å². The Morgan fingerprint density at radius 1 is 0.695 bits per heavy atom. The van der Waals surface area contributed by atoms with Gasteiger partial charge in [0.15, 0.2) is 5.43 Å². The van der Waals surface area contributed by atoms with E-state index in [1.54, 1.807) is 60.7 Å². The number of aromatic carboxylic acids is 3. The molecule has 0 saturated heterocycles. The quantitative estimate of drug-likeness (QED) is 0.0426. The zero-order chi connectivity index (χ0) is 41.5. The van der Waals surface area contributed by atoms with Crippen molar-refractivity contribution in [2.75, 3.05) is 23.5 Å². The van der Waals surface area contributed by atoms with Gasteiger partial charge >= 0.3 is 23.9 Å². The van der Waals surface area contributed by atoms with Gasteiger partial charge in [-0.2, -0.15) is 0 Å². The lowest BCUT2D eigenvalue weighted by atomic mass is 9.87. The molecule has 8 rings (SSSR count). The highest BCUT2D eigenvalue weighted by molar-refractivity contribution is 6.10. The first kappa shape index (κ1) is 37.6. The van der Waals surface area contributed by atoms with Crippen LogP contribution in [0.15, 0.2) is 112 Å². The maximum Gasteiger partial charge on any atom is 0.354 e. The van der Waals surface area contributed by atoms with E-state index in [-0.39, 0.29) is 63.8 Å². The van der Waals surface area contributed by atoms with E-state index in [1.165, 1.54) is 49.6 Å². The minimum absolute atomic E-state index is 0.00692. The second kappa shape index (κ2) is 15.0. The maximum absolute atomic E-state index is 13.8. The number of nitrogens with zero attached hydrogens (tertiary/aromatic N) is 2. The topological polar surface area (TPSA) is 244 Å². The lowest BCUT2D eigenvalue weighted by Crippen LogP contribution is -2.16. The molecule has 0 fully saturated rings. The zero-order valence-corrected chi connectivity index (χ0v) is 30.9. The Kier molecular flexibility index (Phi) is 9.53. The van der Waals surface area contributed by atoms with Crippen molar-refractivity contribution in [2.24, 2.45) is 0 Å². The average molecular weight is 790 g/mol. The summed E-state index contributed by atoms with van der Waals surface area (Å²) in [5.41, 5.74) is 9.43. The number of nitrogen functional groups attached to an aromatic ring is 1. The fourth-order valence-electron chi connectivity index (χ4n) is 7.12. The van der Waals surface area contributed by atoms with Crippen LogP contribution >= 0.6 is 0 Å². The van der Waals surface area contributed by atoms with Crippen molar-refractivity contribution in [1.29, 1.82) is 0 Å². The van der Waals surface area contributed by atoms with Gasteiger partial charge in [0.2, 0.25) is 0 Å². The summed E-state index contributed by atoms with van der Waals surface area (Å²) >= 11 is 0. The van der Waals surface area contributed by atoms with Crippen LogP contribution in [0.25, 0.3) is 55.2 Å². The van der Waals surface area contributed by atoms with E-state index in [0.717, 1.165) is 0 Å². The number of carboxylic acids is 3. The van der Waals surface area contributed by atoms with Crippen molar-refractivity contribution in [3.05, 3.63) is 147 Å². The number of esters is 1. The fourth-order valence-corrected chi connectivity index (χ4v) is 7.12. The van der Waals surface area contributed by atoms with Crippen LogP contribution in [0.2, 0.25) is 0 Å². The molecule has 0 atom stereocenters. The molecular weight excluding hydrogens is 759 g/mol. The summed E-state index contributed by atoms with van der Waals surface area (Å²) in [5.74, 6) is -4.30. The Balaban J connectivity index is 1.35. The number of pyridine rings is 2. The molecule has 0 saturated carbocycles. The molecule has 59 heavy (non-hydrogen) atoms. The number of nitrogens with one attached hydrogen (secondary N) is 2. The van der Waals surface area contributed by atoms with Gasteiger partial charge in [0.25, 0.3) is 0 Å². The Labute approximate surface area is 332 Å². The molecule has 0 spiro atoms. The molecule has 0 unspecified atom stereocenters. The zero-order valence-electron chi connectivity index (χ0n) is 30.9. The summed E-state index contributed by atoms with van der Waals surface area (Å²) in [5, 5.41) is 37.5. The van der Waals surface area contributed by atoms with E-state index in [4.69, 9.17) is 14.9 Å². The van der Waals surface area contributed by atoms with Crippen LogP contribution in [-0.2, 0) is 17.8 Å². The van der Waals surface area contributed by atoms with Crippen LogP contribution in [0.3, 0.4) is 0 Å². The number of methoxy groups -OCH3 is 1. The number of benzene rings is 5. The smallest absolute Gasteiger partial charge is 0.354 e. The number of carbonyl (C=O) groups is 4. The summed E-state index contributed by atoms with van der Waals surface area (Å²) in [6, 6.07) is 26.8. The molecule has 0 bridgehead atoms. The van der Waals surface area contributed by atoms with Crippen molar-refractivity contribution in [3.8, 4) is 22.5 Å². The Hall–Kier alpha value is -8.33. The minimum Gasteiger partial charge on any atom is -0.478 e. The highest BCUT2D eigenvalue weighted by atomic mass is 16.5. The second-order valence-electron chi connectivity index (χ2n) is 13.4. The molecule has 292 valence electrons. The van der Waals surface area contributed by atoms with Crippen molar-refractivity contribution in [1.82, 2.24) is 9.97 Å². The van der Waals surface area contributed by atoms with Crippen LogP contribution in [-0.4, -0.2) is 56.3 Å². The fraction of sp³-hybridized carbons (Fsp3) is 0.0682. The summed E-state index contributed by atoms with van der Waals surface area (Å²) in [6.45, 7) is -0.127. The van der Waals surface area contributed by atoms with E-state index in [0.29, 0.717) is 55.3 Å². The number of rotatable bonds is 11. The van der Waals surface area contributed by atoms with E-state index >= 15 is 0 Å². The number of hydrogen-bond donors (Lipinski definition) is 6. The van der Waals surface area contributed by atoms with Gasteiger partial charge in [0.1, 0.15) is 22.7 Å². The summed E-state index contributed by atoms with van der Waals surface area (Å²) in [6.07, 6.45) is 0. The summed E-state index contributed by atoms with van der Waals surface area (Å²) in [4.78, 5) is 71.7. The SMILES string of the molecule is COC(=O)c1ccc(C(=O)O)cc1-c1c2ccc(=O)c(CNc3cccc4ccc(C(=O)O)nc34)c-2oc2c(CNc3cccc4ccc(C(=O)O)nc34)c(N)ccc12. The minimum atomic E-state index is -1.25.